The van der Waals surface area contributed by atoms with E-state index in [0.29, 0.717) is 0 Å². The summed E-state index contributed by atoms with van der Waals surface area (Å²) < 4.78 is 2.55. The smallest absolute Gasteiger partial charge is 0.0551 e. The number of nitrogens with zero attached hydrogens (tertiary/aromatic N) is 1. The molecule has 2 heterocycles. The maximum Gasteiger partial charge on any atom is 0.0551 e. The van der Waals surface area contributed by atoms with E-state index < -0.39 is 0 Å². The number of aromatic nitrogens is 1. The van der Waals surface area contributed by atoms with Crippen LogP contribution in [0.25, 0.3) is 97.6 Å². The van der Waals surface area contributed by atoms with Crippen molar-refractivity contribution >= 4 is 70.4 Å². The van der Waals surface area contributed by atoms with Crippen molar-refractivity contribution in [3.8, 4) is 55.6 Å². The average Bonchev–Trinajstić information content (AvgIpc) is 3.94. The Labute approximate surface area is 370 Å². The van der Waals surface area contributed by atoms with E-state index in [1.165, 1.54) is 58.8 Å². The first-order valence-corrected chi connectivity index (χ1v) is 22.3. The van der Waals surface area contributed by atoms with Crippen molar-refractivity contribution in [3.05, 3.63) is 237 Å². The Morgan fingerprint density at radius 1 is 0.302 bits per heavy atom. The molecule has 0 spiro atoms. The number of fused-ring (bicyclic) bond motifs is 6. The summed E-state index contributed by atoms with van der Waals surface area (Å²) in [6, 6.07) is 86.3. The molecule has 2 nitrogen and oxygen atoms in total. The van der Waals surface area contributed by atoms with E-state index in [4.69, 9.17) is 0 Å². The highest BCUT2D eigenvalue weighted by Gasteiger charge is 2.28. The Morgan fingerprint density at radius 3 is 1.48 bits per heavy atom. The second kappa shape index (κ2) is 15.5. The first-order chi connectivity index (χ1) is 31.3. The standard InChI is InChI=1S/C60H40N2S/c1-4-20-40(21-5-1)43-26-11-15-33-52(43)62(53-34-16-12-27-44(53)41-22-6-2-7-23-41)54-35-18-30-50(57(54)49-31-19-37-56-58(49)48-29-13-17-36-55(48)63-56)59-45(42-24-8-3-9-25-42)38-39-47-46-28-10-14-32-51(46)61-60(47)59/h1-39,61H. The molecule has 0 saturated heterocycles. The zero-order valence-corrected chi connectivity index (χ0v) is 35.2. The summed E-state index contributed by atoms with van der Waals surface area (Å²) in [4.78, 5) is 6.49. The molecule has 0 atom stereocenters. The lowest BCUT2D eigenvalue weighted by Gasteiger charge is -2.33. The minimum absolute atomic E-state index is 1.09. The van der Waals surface area contributed by atoms with E-state index in [0.717, 1.165) is 55.9 Å². The van der Waals surface area contributed by atoms with Crippen LogP contribution >= 0.6 is 11.3 Å². The summed E-state index contributed by atoms with van der Waals surface area (Å²) in [7, 11) is 0. The molecule has 0 aliphatic carbocycles. The van der Waals surface area contributed by atoms with Crippen LogP contribution in [0.15, 0.2) is 237 Å². The van der Waals surface area contributed by atoms with Gasteiger partial charge in [0.15, 0.2) is 0 Å². The topological polar surface area (TPSA) is 19.0 Å². The normalized spacial score (nSPS) is 11.5. The van der Waals surface area contributed by atoms with Crippen molar-refractivity contribution in [2.45, 2.75) is 0 Å². The quantitative estimate of drug-likeness (QED) is 0.162. The van der Waals surface area contributed by atoms with Crippen LogP contribution in [0.1, 0.15) is 0 Å². The molecule has 12 rings (SSSR count). The van der Waals surface area contributed by atoms with Crippen molar-refractivity contribution in [2.75, 3.05) is 4.90 Å². The van der Waals surface area contributed by atoms with Gasteiger partial charge in [-0.2, -0.15) is 0 Å². The van der Waals surface area contributed by atoms with E-state index in [1.807, 2.05) is 11.3 Å². The molecule has 0 saturated carbocycles. The van der Waals surface area contributed by atoms with Gasteiger partial charge in [0.25, 0.3) is 0 Å². The molecule has 0 amide bonds. The summed E-state index contributed by atoms with van der Waals surface area (Å²) in [5, 5.41) is 4.95. The number of aromatic amines is 1. The van der Waals surface area contributed by atoms with Gasteiger partial charge in [0.1, 0.15) is 0 Å². The van der Waals surface area contributed by atoms with E-state index in [1.54, 1.807) is 0 Å². The number of anilines is 3. The number of H-pyrrole nitrogens is 1. The van der Waals surface area contributed by atoms with Crippen LogP contribution in [0.5, 0.6) is 0 Å². The van der Waals surface area contributed by atoms with Gasteiger partial charge in [-0.15, -0.1) is 11.3 Å². The lowest BCUT2D eigenvalue weighted by Crippen LogP contribution is -2.14. The molecular weight excluding hydrogens is 781 g/mol. The predicted octanol–water partition coefficient (Wildman–Crippen LogP) is 17.5. The second-order valence-electron chi connectivity index (χ2n) is 16.0. The number of hydrogen-bond donors (Lipinski definition) is 1. The van der Waals surface area contributed by atoms with Gasteiger partial charge in [-0.25, -0.2) is 0 Å². The molecule has 2 aromatic heterocycles. The third-order valence-corrected chi connectivity index (χ3v) is 13.6. The molecule has 3 heteroatoms. The highest BCUT2D eigenvalue weighted by atomic mass is 32.1. The Kier molecular flexibility index (Phi) is 9.06. The molecule has 10 aromatic carbocycles. The zero-order chi connectivity index (χ0) is 41.7. The Balaban J connectivity index is 1.27. The summed E-state index contributed by atoms with van der Waals surface area (Å²) in [6.07, 6.45) is 0. The molecule has 0 unspecified atom stereocenters. The third kappa shape index (κ3) is 6.24. The van der Waals surface area contributed by atoms with Gasteiger partial charge in [0.2, 0.25) is 0 Å². The molecule has 0 bridgehead atoms. The van der Waals surface area contributed by atoms with E-state index in [9.17, 15) is 0 Å². The fourth-order valence-electron chi connectivity index (χ4n) is 9.71. The minimum Gasteiger partial charge on any atom is -0.354 e. The van der Waals surface area contributed by atoms with Gasteiger partial charge in [-0.3, -0.25) is 0 Å². The van der Waals surface area contributed by atoms with Crippen LogP contribution in [-0.4, -0.2) is 4.98 Å². The van der Waals surface area contributed by atoms with Crippen molar-refractivity contribution in [2.24, 2.45) is 0 Å². The van der Waals surface area contributed by atoms with E-state index in [-0.39, 0.29) is 0 Å². The molecule has 63 heavy (non-hydrogen) atoms. The highest BCUT2D eigenvalue weighted by molar-refractivity contribution is 7.25. The average molecular weight is 821 g/mol. The monoisotopic (exact) mass is 820 g/mol. The number of thiophene rings is 1. The Morgan fingerprint density at radius 2 is 0.794 bits per heavy atom. The predicted molar refractivity (Wildman–Crippen MR) is 271 cm³/mol. The van der Waals surface area contributed by atoms with Gasteiger partial charge in [0.05, 0.1) is 22.6 Å². The molecule has 0 fully saturated rings. The molecule has 0 aliphatic heterocycles. The van der Waals surface area contributed by atoms with Crippen molar-refractivity contribution in [1.82, 2.24) is 4.98 Å². The first kappa shape index (κ1) is 36.8. The molecule has 12 aromatic rings. The maximum absolute atomic E-state index is 3.96. The van der Waals surface area contributed by atoms with Gasteiger partial charge < -0.3 is 9.88 Å². The van der Waals surface area contributed by atoms with Crippen molar-refractivity contribution in [3.63, 3.8) is 0 Å². The van der Waals surface area contributed by atoms with Crippen LogP contribution < -0.4 is 4.90 Å². The first-order valence-electron chi connectivity index (χ1n) is 21.5. The Bertz CT molecular complexity index is 3540. The van der Waals surface area contributed by atoms with Crippen LogP contribution in [-0.2, 0) is 0 Å². The van der Waals surface area contributed by atoms with Gasteiger partial charge in [0, 0.05) is 58.7 Å². The molecule has 0 radical (unpaired) electrons. The largest absolute Gasteiger partial charge is 0.354 e. The fraction of sp³-hybridized carbons (Fsp3) is 0. The summed E-state index contributed by atoms with van der Waals surface area (Å²) in [5.41, 5.74) is 17.2. The van der Waals surface area contributed by atoms with Crippen LogP contribution in [0.2, 0.25) is 0 Å². The van der Waals surface area contributed by atoms with E-state index in [2.05, 4.69) is 246 Å². The molecule has 296 valence electrons. The van der Waals surface area contributed by atoms with Crippen molar-refractivity contribution in [1.29, 1.82) is 0 Å². The van der Waals surface area contributed by atoms with Gasteiger partial charge in [-0.1, -0.05) is 200 Å². The van der Waals surface area contributed by atoms with Gasteiger partial charge in [-0.05, 0) is 69.8 Å². The fourth-order valence-corrected chi connectivity index (χ4v) is 10.8. The third-order valence-electron chi connectivity index (χ3n) is 12.5. The van der Waals surface area contributed by atoms with E-state index >= 15 is 0 Å². The Hall–Kier alpha value is -7.98. The SMILES string of the molecule is c1ccc(-c2ccccc2N(c2ccccc2-c2ccccc2)c2cccc(-c3c(-c4ccccc4)ccc4c3[nH]c3ccccc34)c2-c2cccc3sc4ccccc4c23)cc1. The lowest BCUT2D eigenvalue weighted by atomic mass is 9.85. The molecule has 1 N–H and O–H groups in total. The molecular formula is C60H40N2S. The molecule has 0 aliphatic rings. The minimum atomic E-state index is 1.09. The zero-order valence-electron chi connectivity index (χ0n) is 34.4. The maximum atomic E-state index is 3.96. The number of rotatable bonds is 8. The number of hydrogen-bond acceptors (Lipinski definition) is 2. The highest BCUT2D eigenvalue weighted by Crippen LogP contribution is 2.54. The van der Waals surface area contributed by atoms with Crippen LogP contribution in [0, 0.1) is 0 Å². The summed E-state index contributed by atoms with van der Waals surface area (Å²) in [6.45, 7) is 0. The number of para-hydroxylation sites is 3. The number of nitrogens with one attached hydrogen (secondary N) is 1. The summed E-state index contributed by atoms with van der Waals surface area (Å²) >= 11 is 1.86. The van der Waals surface area contributed by atoms with Crippen LogP contribution in [0.3, 0.4) is 0 Å². The lowest BCUT2D eigenvalue weighted by molar-refractivity contribution is 1.28. The second-order valence-corrected chi connectivity index (χ2v) is 17.1. The number of benzene rings is 10. The van der Waals surface area contributed by atoms with Crippen molar-refractivity contribution < 1.29 is 0 Å². The summed E-state index contributed by atoms with van der Waals surface area (Å²) in [5.74, 6) is 0. The van der Waals surface area contributed by atoms with Crippen LogP contribution in [0.4, 0.5) is 17.1 Å². The van der Waals surface area contributed by atoms with Gasteiger partial charge >= 0.3 is 0 Å².